The fourth-order valence-electron chi connectivity index (χ4n) is 4.33. The van der Waals surface area contributed by atoms with Gasteiger partial charge in [-0.25, -0.2) is 12.8 Å². The Hall–Kier alpha value is -3.07. The monoisotopic (exact) mass is 438 g/mol. The molecule has 2 aliphatic rings. The van der Waals surface area contributed by atoms with Crippen LogP contribution in [-0.2, 0) is 19.6 Å². The van der Waals surface area contributed by atoms with Gasteiger partial charge < -0.3 is 4.74 Å². The van der Waals surface area contributed by atoms with Crippen LogP contribution in [0.5, 0.6) is 0 Å². The number of rotatable bonds is 3. The summed E-state index contributed by atoms with van der Waals surface area (Å²) in [7, 11) is -4.02. The van der Waals surface area contributed by atoms with Crippen LogP contribution in [0.4, 0.5) is 10.1 Å². The Labute approximate surface area is 179 Å². The standard InChI is InChI=1S/C23H19FN2O4S/c1-15(27)25-20-14-17(24)12-13-19(20)21-23(25)30-22(16-8-4-2-5-9-16)26(21)31(28,29)18-10-6-3-7-11-18/h2-14,21-23H,1H3/t21-,22?,23-/m0/s1. The Morgan fingerprint density at radius 2 is 1.61 bits per heavy atom. The number of carbonyl (C=O) groups is 1. The molecule has 31 heavy (non-hydrogen) atoms. The molecular weight excluding hydrogens is 419 g/mol. The Kier molecular flexibility index (Phi) is 4.65. The van der Waals surface area contributed by atoms with Gasteiger partial charge in [0.1, 0.15) is 11.9 Å². The number of carbonyl (C=O) groups excluding carboxylic acids is 1. The van der Waals surface area contributed by atoms with Crippen molar-refractivity contribution in [1.82, 2.24) is 4.31 Å². The molecular formula is C23H19FN2O4S. The predicted octanol–water partition coefficient (Wildman–Crippen LogP) is 3.98. The average Bonchev–Trinajstić information content (AvgIpc) is 3.29. The highest BCUT2D eigenvalue weighted by atomic mass is 32.2. The molecule has 0 saturated carbocycles. The van der Waals surface area contributed by atoms with Crippen LogP contribution in [0.1, 0.15) is 30.3 Å². The van der Waals surface area contributed by atoms with E-state index >= 15 is 0 Å². The SMILES string of the molecule is CC(=O)N1c2cc(F)ccc2[C@H]2[C@@H]1OC(c1ccccc1)N2S(=O)(=O)c1ccccc1. The van der Waals surface area contributed by atoms with Gasteiger partial charge in [-0.1, -0.05) is 54.6 Å². The van der Waals surface area contributed by atoms with Crippen molar-refractivity contribution in [2.45, 2.75) is 30.3 Å². The smallest absolute Gasteiger partial charge is 0.246 e. The van der Waals surface area contributed by atoms with Crippen molar-refractivity contribution in [3.8, 4) is 0 Å². The van der Waals surface area contributed by atoms with Crippen molar-refractivity contribution in [2.24, 2.45) is 0 Å². The van der Waals surface area contributed by atoms with E-state index in [1.54, 1.807) is 42.5 Å². The molecule has 0 spiro atoms. The lowest BCUT2D eigenvalue weighted by Gasteiger charge is -2.27. The molecule has 0 aromatic heterocycles. The molecule has 3 aromatic carbocycles. The molecule has 1 fully saturated rings. The molecule has 3 aromatic rings. The number of ether oxygens (including phenoxy) is 1. The molecule has 2 heterocycles. The van der Waals surface area contributed by atoms with Crippen LogP contribution in [0.2, 0.25) is 0 Å². The fourth-order valence-corrected chi connectivity index (χ4v) is 6.01. The first kappa shape index (κ1) is 19.9. The maximum absolute atomic E-state index is 14.0. The van der Waals surface area contributed by atoms with Crippen LogP contribution >= 0.6 is 0 Å². The van der Waals surface area contributed by atoms with E-state index in [2.05, 4.69) is 0 Å². The van der Waals surface area contributed by atoms with Gasteiger partial charge in [-0.05, 0) is 35.4 Å². The van der Waals surface area contributed by atoms with Crippen LogP contribution < -0.4 is 4.90 Å². The molecule has 5 rings (SSSR count). The van der Waals surface area contributed by atoms with Gasteiger partial charge in [0.15, 0.2) is 12.5 Å². The maximum Gasteiger partial charge on any atom is 0.246 e. The lowest BCUT2D eigenvalue weighted by atomic mass is 10.1. The Bertz CT molecular complexity index is 1250. The topological polar surface area (TPSA) is 66.9 Å². The molecule has 1 amide bonds. The highest BCUT2D eigenvalue weighted by molar-refractivity contribution is 7.89. The van der Waals surface area contributed by atoms with E-state index in [0.717, 1.165) is 0 Å². The molecule has 1 unspecified atom stereocenters. The van der Waals surface area contributed by atoms with E-state index in [0.29, 0.717) is 16.8 Å². The average molecular weight is 438 g/mol. The fraction of sp³-hybridized carbons (Fsp3) is 0.174. The third-order valence-electron chi connectivity index (χ3n) is 5.61. The summed E-state index contributed by atoms with van der Waals surface area (Å²) in [5.41, 5.74) is 1.49. The van der Waals surface area contributed by atoms with Gasteiger partial charge in [-0.3, -0.25) is 9.69 Å². The van der Waals surface area contributed by atoms with Gasteiger partial charge in [-0.2, -0.15) is 4.31 Å². The molecule has 2 aliphatic heterocycles. The summed E-state index contributed by atoms with van der Waals surface area (Å²) in [4.78, 5) is 13.9. The Morgan fingerprint density at radius 3 is 2.26 bits per heavy atom. The summed E-state index contributed by atoms with van der Waals surface area (Å²) in [5, 5.41) is 0. The Balaban J connectivity index is 1.72. The van der Waals surface area contributed by atoms with E-state index in [1.165, 1.54) is 46.5 Å². The minimum absolute atomic E-state index is 0.116. The van der Waals surface area contributed by atoms with Crippen molar-refractivity contribution in [3.05, 3.63) is 95.8 Å². The van der Waals surface area contributed by atoms with E-state index in [4.69, 9.17) is 4.74 Å². The van der Waals surface area contributed by atoms with Crippen molar-refractivity contribution in [3.63, 3.8) is 0 Å². The van der Waals surface area contributed by atoms with Crippen LogP contribution in [0.25, 0.3) is 0 Å². The second-order valence-corrected chi connectivity index (χ2v) is 9.32. The highest BCUT2D eigenvalue weighted by Crippen LogP contribution is 2.54. The Morgan fingerprint density at radius 1 is 0.968 bits per heavy atom. The molecule has 158 valence electrons. The molecule has 0 bridgehead atoms. The first-order valence-electron chi connectivity index (χ1n) is 9.78. The van der Waals surface area contributed by atoms with Gasteiger partial charge in [0.25, 0.3) is 0 Å². The number of nitrogens with zero attached hydrogens (tertiary/aromatic N) is 2. The van der Waals surface area contributed by atoms with E-state index in [1.807, 2.05) is 6.07 Å². The van der Waals surface area contributed by atoms with Gasteiger partial charge in [0, 0.05) is 6.92 Å². The third kappa shape index (κ3) is 3.06. The lowest BCUT2D eigenvalue weighted by molar-refractivity contribution is -0.119. The first-order chi connectivity index (χ1) is 14.9. The highest BCUT2D eigenvalue weighted by Gasteiger charge is 2.57. The third-order valence-corrected chi connectivity index (χ3v) is 7.45. The van der Waals surface area contributed by atoms with Crippen LogP contribution in [0.15, 0.2) is 83.8 Å². The molecule has 0 aliphatic carbocycles. The first-order valence-corrected chi connectivity index (χ1v) is 11.2. The second kappa shape index (κ2) is 7.26. The van der Waals surface area contributed by atoms with Gasteiger partial charge in [0.05, 0.1) is 10.6 Å². The normalized spacial score (nSPS) is 22.9. The zero-order valence-electron chi connectivity index (χ0n) is 16.6. The summed E-state index contributed by atoms with van der Waals surface area (Å²) in [6, 6.07) is 20.3. The zero-order chi connectivity index (χ0) is 21.8. The molecule has 8 heteroatoms. The van der Waals surface area contributed by atoms with Gasteiger partial charge in [-0.15, -0.1) is 0 Å². The zero-order valence-corrected chi connectivity index (χ0v) is 17.4. The maximum atomic E-state index is 14.0. The van der Waals surface area contributed by atoms with E-state index in [9.17, 15) is 17.6 Å². The summed E-state index contributed by atoms with van der Waals surface area (Å²) < 4.78 is 49.1. The van der Waals surface area contributed by atoms with Crippen molar-refractivity contribution >= 4 is 21.6 Å². The number of halogens is 1. The van der Waals surface area contributed by atoms with Crippen LogP contribution in [0, 0.1) is 5.82 Å². The summed E-state index contributed by atoms with van der Waals surface area (Å²) in [6.45, 7) is 1.35. The number of hydrogen-bond acceptors (Lipinski definition) is 4. The largest absolute Gasteiger partial charge is 0.332 e. The predicted molar refractivity (Wildman–Crippen MR) is 112 cm³/mol. The van der Waals surface area contributed by atoms with Gasteiger partial charge >= 0.3 is 0 Å². The van der Waals surface area contributed by atoms with Crippen LogP contribution in [0.3, 0.4) is 0 Å². The van der Waals surface area contributed by atoms with E-state index in [-0.39, 0.29) is 10.8 Å². The second-order valence-electron chi connectivity index (χ2n) is 7.47. The van der Waals surface area contributed by atoms with Crippen molar-refractivity contribution in [2.75, 3.05) is 4.90 Å². The quantitative estimate of drug-likeness (QED) is 0.621. The van der Waals surface area contributed by atoms with Crippen molar-refractivity contribution in [1.29, 1.82) is 0 Å². The number of sulfonamides is 1. The molecule has 6 nitrogen and oxygen atoms in total. The molecule has 0 N–H and O–H groups in total. The summed E-state index contributed by atoms with van der Waals surface area (Å²) in [6.07, 6.45) is -1.85. The number of hydrogen-bond donors (Lipinski definition) is 0. The number of benzene rings is 3. The molecule has 3 atom stereocenters. The number of anilines is 1. The minimum atomic E-state index is -4.02. The minimum Gasteiger partial charge on any atom is -0.332 e. The number of amides is 1. The number of fused-ring (bicyclic) bond motifs is 3. The lowest BCUT2D eigenvalue weighted by Crippen LogP contribution is -2.38. The van der Waals surface area contributed by atoms with Gasteiger partial charge in [0.2, 0.25) is 15.9 Å². The summed E-state index contributed by atoms with van der Waals surface area (Å²) in [5.74, 6) is -0.868. The summed E-state index contributed by atoms with van der Waals surface area (Å²) >= 11 is 0. The van der Waals surface area contributed by atoms with E-state index < -0.39 is 34.3 Å². The van der Waals surface area contributed by atoms with Crippen LogP contribution in [-0.4, -0.2) is 24.9 Å². The molecule has 0 radical (unpaired) electrons. The van der Waals surface area contributed by atoms with Crippen molar-refractivity contribution < 1.29 is 22.3 Å². The molecule has 1 saturated heterocycles.